The Labute approximate surface area is 131 Å². The number of pyridine rings is 1. The van der Waals surface area contributed by atoms with Crippen LogP contribution >= 0.6 is 11.8 Å². The molecule has 6 nitrogen and oxygen atoms in total. The first-order valence-electron chi connectivity index (χ1n) is 6.94. The van der Waals surface area contributed by atoms with Gasteiger partial charge in [0.2, 0.25) is 5.95 Å². The zero-order chi connectivity index (χ0) is 14.8. The van der Waals surface area contributed by atoms with E-state index in [2.05, 4.69) is 25.4 Å². The summed E-state index contributed by atoms with van der Waals surface area (Å²) in [6, 6.07) is 9.87. The zero-order valence-electron chi connectivity index (χ0n) is 11.6. The van der Waals surface area contributed by atoms with Crippen molar-refractivity contribution in [2.75, 3.05) is 16.8 Å². The predicted molar refractivity (Wildman–Crippen MR) is 85.5 cm³/mol. The Balaban J connectivity index is 1.63. The average molecular weight is 311 g/mol. The molecule has 0 radical (unpaired) electrons. The SMILES string of the molecule is c1cc(-c2ccon2)nc(-c2ccnc(NC3CSC3)n2)c1. The van der Waals surface area contributed by atoms with Gasteiger partial charge in [-0.3, -0.25) is 0 Å². The van der Waals surface area contributed by atoms with E-state index in [1.807, 2.05) is 36.0 Å². The highest BCUT2D eigenvalue weighted by molar-refractivity contribution is 8.00. The maximum absolute atomic E-state index is 4.87. The molecule has 0 atom stereocenters. The lowest BCUT2D eigenvalue weighted by Crippen LogP contribution is -2.33. The van der Waals surface area contributed by atoms with Crippen molar-refractivity contribution in [2.24, 2.45) is 0 Å². The Bertz CT molecular complexity index is 773. The minimum absolute atomic E-state index is 0.467. The number of nitrogens with one attached hydrogen (secondary N) is 1. The second-order valence-corrected chi connectivity index (χ2v) is 6.01. The van der Waals surface area contributed by atoms with Gasteiger partial charge in [-0.1, -0.05) is 11.2 Å². The predicted octanol–water partition coefficient (Wildman–Crippen LogP) is 2.72. The van der Waals surface area contributed by atoms with Crippen LogP contribution in [0.5, 0.6) is 0 Å². The van der Waals surface area contributed by atoms with E-state index < -0.39 is 0 Å². The molecule has 110 valence electrons. The van der Waals surface area contributed by atoms with Crippen LogP contribution in [0.2, 0.25) is 0 Å². The summed E-state index contributed by atoms with van der Waals surface area (Å²) in [4.78, 5) is 13.4. The van der Waals surface area contributed by atoms with Gasteiger partial charge in [0.1, 0.15) is 12.0 Å². The first kappa shape index (κ1) is 13.3. The van der Waals surface area contributed by atoms with Gasteiger partial charge >= 0.3 is 0 Å². The topological polar surface area (TPSA) is 76.7 Å². The Hall–Kier alpha value is -2.41. The summed E-state index contributed by atoms with van der Waals surface area (Å²) < 4.78 is 4.87. The molecule has 1 saturated heterocycles. The van der Waals surface area contributed by atoms with E-state index in [1.165, 1.54) is 6.26 Å². The molecule has 0 aliphatic carbocycles. The molecule has 7 heteroatoms. The highest BCUT2D eigenvalue weighted by Crippen LogP contribution is 2.23. The van der Waals surface area contributed by atoms with Crippen molar-refractivity contribution in [3.8, 4) is 22.8 Å². The van der Waals surface area contributed by atoms with Crippen LogP contribution in [0, 0.1) is 0 Å². The third-order valence-corrected chi connectivity index (χ3v) is 4.61. The third-order valence-electron chi connectivity index (χ3n) is 3.34. The lowest BCUT2D eigenvalue weighted by Gasteiger charge is -2.25. The molecule has 4 heterocycles. The van der Waals surface area contributed by atoms with E-state index in [0.717, 1.165) is 28.6 Å². The number of anilines is 1. The minimum Gasteiger partial charge on any atom is -0.364 e. The molecule has 0 bridgehead atoms. The van der Waals surface area contributed by atoms with Gasteiger partial charge in [-0.25, -0.2) is 15.0 Å². The van der Waals surface area contributed by atoms with E-state index >= 15 is 0 Å². The molecule has 0 unspecified atom stereocenters. The molecule has 0 amide bonds. The van der Waals surface area contributed by atoms with Crippen molar-refractivity contribution < 1.29 is 4.52 Å². The molecule has 0 aromatic carbocycles. The summed E-state index contributed by atoms with van der Waals surface area (Å²) in [5.74, 6) is 2.86. The Morgan fingerprint density at radius 2 is 1.82 bits per heavy atom. The zero-order valence-corrected chi connectivity index (χ0v) is 12.5. The third kappa shape index (κ3) is 2.67. The van der Waals surface area contributed by atoms with Crippen LogP contribution in [0.3, 0.4) is 0 Å². The molecule has 4 rings (SSSR count). The van der Waals surface area contributed by atoms with Gasteiger partial charge in [0.15, 0.2) is 0 Å². The Morgan fingerprint density at radius 3 is 2.55 bits per heavy atom. The van der Waals surface area contributed by atoms with Gasteiger partial charge in [0.05, 0.1) is 17.1 Å². The normalized spacial score (nSPS) is 14.5. The second kappa shape index (κ2) is 5.76. The van der Waals surface area contributed by atoms with Crippen LogP contribution in [0.4, 0.5) is 5.95 Å². The molecule has 3 aromatic rings. The summed E-state index contributed by atoms with van der Waals surface area (Å²) in [6.45, 7) is 0. The van der Waals surface area contributed by atoms with E-state index in [0.29, 0.717) is 17.7 Å². The molecular weight excluding hydrogens is 298 g/mol. The summed E-state index contributed by atoms with van der Waals surface area (Å²) in [7, 11) is 0. The maximum Gasteiger partial charge on any atom is 0.223 e. The molecule has 22 heavy (non-hydrogen) atoms. The molecular formula is C15H13N5OS. The van der Waals surface area contributed by atoms with Gasteiger partial charge in [-0.05, 0) is 18.2 Å². The van der Waals surface area contributed by atoms with Gasteiger partial charge in [-0.2, -0.15) is 11.8 Å². The van der Waals surface area contributed by atoms with Crippen LogP contribution in [-0.2, 0) is 0 Å². The Kier molecular flexibility index (Phi) is 3.48. The first-order chi connectivity index (χ1) is 10.9. The lowest BCUT2D eigenvalue weighted by molar-refractivity contribution is 0.422. The highest BCUT2D eigenvalue weighted by Gasteiger charge is 2.18. The van der Waals surface area contributed by atoms with Crippen LogP contribution in [-0.4, -0.2) is 37.7 Å². The fourth-order valence-electron chi connectivity index (χ4n) is 2.14. The van der Waals surface area contributed by atoms with Crippen molar-refractivity contribution in [3.63, 3.8) is 0 Å². The molecule has 0 saturated carbocycles. The summed E-state index contributed by atoms with van der Waals surface area (Å²) in [6.07, 6.45) is 3.29. The minimum atomic E-state index is 0.467. The maximum atomic E-state index is 4.87. The van der Waals surface area contributed by atoms with Crippen LogP contribution < -0.4 is 5.32 Å². The number of rotatable bonds is 4. The van der Waals surface area contributed by atoms with Crippen molar-refractivity contribution in [1.82, 2.24) is 20.1 Å². The second-order valence-electron chi connectivity index (χ2n) is 4.94. The van der Waals surface area contributed by atoms with Crippen LogP contribution in [0.25, 0.3) is 22.8 Å². The fourth-order valence-corrected chi connectivity index (χ4v) is 2.78. The molecule has 1 fully saturated rings. The molecule has 1 N–H and O–H groups in total. The van der Waals surface area contributed by atoms with Gasteiger partial charge in [0.25, 0.3) is 0 Å². The number of hydrogen-bond donors (Lipinski definition) is 1. The highest BCUT2D eigenvalue weighted by atomic mass is 32.2. The Morgan fingerprint density at radius 1 is 1.00 bits per heavy atom. The van der Waals surface area contributed by atoms with Crippen LogP contribution in [0.15, 0.2) is 47.3 Å². The average Bonchev–Trinajstić information content (AvgIpc) is 3.06. The van der Waals surface area contributed by atoms with E-state index in [-0.39, 0.29) is 0 Å². The number of nitrogens with zero attached hydrogens (tertiary/aromatic N) is 4. The standard InChI is InChI=1S/C15H13N5OS/c1-2-11(18-12(3-1)14-5-7-21-20-14)13-4-6-16-15(19-13)17-10-8-22-9-10/h1-7,10H,8-9H2,(H,16,17,19). The largest absolute Gasteiger partial charge is 0.364 e. The van der Waals surface area contributed by atoms with E-state index in [9.17, 15) is 0 Å². The molecule has 1 aliphatic rings. The van der Waals surface area contributed by atoms with Crippen molar-refractivity contribution >= 4 is 17.7 Å². The molecule has 1 aliphatic heterocycles. The number of thioether (sulfide) groups is 1. The number of hydrogen-bond acceptors (Lipinski definition) is 7. The summed E-state index contributed by atoms with van der Waals surface area (Å²) >= 11 is 1.92. The summed E-state index contributed by atoms with van der Waals surface area (Å²) in [5.41, 5.74) is 3.04. The fraction of sp³-hybridized carbons (Fsp3) is 0.200. The van der Waals surface area contributed by atoms with Crippen molar-refractivity contribution in [3.05, 3.63) is 42.8 Å². The smallest absolute Gasteiger partial charge is 0.223 e. The van der Waals surface area contributed by atoms with Gasteiger partial charge in [-0.15, -0.1) is 0 Å². The van der Waals surface area contributed by atoms with Crippen molar-refractivity contribution in [2.45, 2.75) is 6.04 Å². The first-order valence-corrected chi connectivity index (χ1v) is 8.09. The summed E-state index contributed by atoms with van der Waals surface area (Å²) in [5, 5.41) is 7.24. The van der Waals surface area contributed by atoms with Gasteiger partial charge < -0.3 is 9.84 Å². The van der Waals surface area contributed by atoms with E-state index in [1.54, 1.807) is 12.3 Å². The quantitative estimate of drug-likeness (QED) is 0.793. The molecule has 0 spiro atoms. The monoisotopic (exact) mass is 311 g/mol. The molecule has 3 aromatic heterocycles. The van der Waals surface area contributed by atoms with E-state index in [4.69, 9.17) is 4.52 Å². The number of aromatic nitrogens is 4. The van der Waals surface area contributed by atoms with Gasteiger partial charge in [0, 0.05) is 29.8 Å². The lowest BCUT2D eigenvalue weighted by atomic mass is 10.2. The van der Waals surface area contributed by atoms with Crippen molar-refractivity contribution in [1.29, 1.82) is 0 Å². The van der Waals surface area contributed by atoms with Crippen LogP contribution in [0.1, 0.15) is 0 Å².